The van der Waals surface area contributed by atoms with Crippen LogP contribution in [0.15, 0.2) is 6.33 Å². The number of hydrogen-bond donors (Lipinski definition) is 2. The summed E-state index contributed by atoms with van der Waals surface area (Å²) in [7, 11) is -3.58. The van der Waals surface area contributed by atoms with Gasteiger partial charge < -0.3 is 5.73 Å². The zero-order valence-corrected chi connectivity index (χ0v) is 7.24. The first-order chi connectivity index (χ1) is 5.56. The van der Waals surface area contributed by atoms with E-state index in [1.54, 1.807) is 6.92 Å². The Kier molecular flexibility index (Phi) is 2.29. The van der Waals surface area contributed by atoms with Crippen molar-refractivity contribution in [3.63, 3.8) is 0 Å². The van der Waals surface area contributed by atoms with Crippen LogP contribution in [-0.4, -0.2) is 29.1 Å². The van der Waals surface area contributed by atoms with Gasteiger partial charge >= 0.3 is 10.2 Å². The summed E-state index contributed by atoms with van der Waals surface area (Å²) in [6.45, 7) is 1.96. The van der Waals surface area contributed by atoms with E-state index in [0.717, 1.165) is 6.33 Å². The maximum Gasteiger partial charge on any atom is 0.321 e. The third kappa shape index (κ3) is 1.71. The molecule has 1 aromatic rings. The van der Waals surface area contributed by atoms with Gasteiger partial charge in [0.15, 0.2) is 0 Å². The highest BCUT2D eigenvalue weighted by Gasteiger charge is 2.12. The van der Waals surface area contributed by atoms with Gasteiger partial charge in [-0.05, 0) is 0 Å². The summed E-state index contributed by atoms with van der Waals surface area (Å²) in [5, 5.41) is 3.43. The maximum atomic E-state index is 11.1. The second-order valence-electron chi connectivity index (χ2n) is 1.98. The fraction of sp³-hybridized carbons (Fsp3) is 0.500. The van der Waals surface area contributed by atoms with Crippen molar-refractivity contribution in [2.24, 2.45) is 0 Å². The number of rotatable bonds is 3. The molecule has 0 radical (unpaired) electrons. The molecule has 0 atom stereocenters. The van der Waals surface area contributed by atoms with Gasteiger partial charge in [-0.15, -0.1) is 9.19 Å². The SMILES string of the molecule is CCNS(=O)(=O)n1cnc(N)n1. The topological polar surface area (TPSA) is 103 Å². The van der Waals surface area contributed by atoms with E-state index in [0.29, 0.717) is 10.6 Å². The van der Waals surface area contributed by atoms with Crippen molar-refractivity contribution in [3.8, 4) is 0 Å². The molecule has 0 aliphatic heterocycles. The standard InChI is InChI=1S/C4H9N5O2S/c1-2-7-12(10,11)9-3-6-4(5)8-9/h3,7H,2H2,1H3,(H2,5,8). The predicted octanol–water partition coefficient (Wildman–Crippen LogP) is -1.44. The van der Waals surface area contributed by atoms with Crippen LogP contribution in [0.4, 0.5) is 5.95 Å². The normalized spacial score (nSPS) is 11.8. The Labute approximate surface area is 69.8 Å². The van der Waals surface area contributed by atoms with Crippen LogP contribution >= 0.6 is 0 Å². The molecule has 0 saturated carbocycles. The molecule has 8 heteroatoms. The van der Waals surface area contributed by atoms with Crippen LogP contribution in [0.2, 0.25) is 0 Å². The van der Waals surface area contributed by atoms with Crippen LogP contribution in [0, 0.1) is 0 Å². The van der Waals surface area contributed by atoms with Crippen molar-refractivity contribution in [2.45, 2.75) is 6.92 Å². The smallest absolute Gasteiger partial charge is 0.321 e. The van der Waals surface area contributed by atoms with E-state index in [-0.39, 0.29) is 5.95 Å². The molecule has 0 aliphatic rings. The molecule has 0 saturated heterocycles. The molecule has 7 nitrogen and oxygen atoms in total. The minimum Gasteiger partial charge on any atom is -0.366 e. The van der Waals surface area contributed by atoms with Crippen LogP contribution in [0.5, 0.6) is 0 Å². The lowest BCUT2D eigenvalue weighted by Crippen LogP contribution is -2.30. The van der Waals surface area contributed by atoms with Gasteiger partial charge in [-0.3, -0.25) is 0 Å². The summed E-state index contributed by atoms with van der Waals surface area (Å²) in [6.07, 6.45) is 1.04. The molecule has 0 amide bonds. The summed E-state index contributed by atoms with van der Waals surface area (Å²) in [5.74, 6) is -0.0727. The van der Waals surface area contributed by atoms with Gasteiger partial charge in [0.05, 0.1) is 0 Å². The summed E-state index contributed by atoms with van der Waals surface area (Å²) in [4.78, 5) is 3.48. The molecule has 0 spiro atoms. The number of nitrogens with two attached hydrogens (primary N) is 1. The first kappa shape index (κ1) is 8.94. The molecular formula is C4H9N5O2S. The van der Waals surface area contributed by atoms with Gasteiger partial charge in [-0.2, -0.15) is 18.1 Å². The summed E-state index contributed by atoms with van der Waals surface area (Å²) >= 11 is 0. The van der Waals surface area contributed by atoms with E-state index in [1.165, 1.54) is 0 Å². The van der Waals surface area contributed by atoms with Crippen LogP contribution < -0.4 is 10.5 Å². The summed E-state index contributed by atoms with van der Waals surface area (Å²) in [5.41, 5.74) is 5.14. The van der Waals surface area contributed by atoms with Crippen LogP contribution in [0.1, 0.15) is 6.92 Å². The Balaban J connectivity index is 2.98. The van der Waals surface area contributed by atoms with Crippen LogP contribution in [0.3, 0.4) is 0 Å². The molecule has 0 unspecified atom stereocenters. The maximum absolute atomic E-state index is 11.1. The molecule has 12 heavy (non-hydrogen) atoms. The second-order valence-corrected chi connectivity index (χ2v) is 3.59. The first-order valence-corrected chi connectivity index (χ1v) is 4.67. The lowest BCUT2D eigenvalue weighted by atomic mass is 10.8. The predicted molar refractivity (Wildman–Crippen MR) is 42.4 cm³/mol. The third-order valence-corrected chi connectivity index (χ3v) is 2.38. The minimum atomic E-state index is -3.58. The molecule has 1 rings (SSSR count). The molecule has 3 N–H and O–H groups in total. The zero-order chi connectivity index (χ0) is 9.19. The van der Waals surface area contributed by atoms with Crippen molar-refractivity contribution >= 4 is 16.2 Å². The van der Waals surface area contributed by atoms with Crippen molar-refractivity contribution < 1.29 is 8.42 Å². The van der Waals surface area contributed by atoms with E-state index in [2.05, 4.69) is 14.8 Å². The van der Waals surface area contributed by atoms with E-state index in [9.17, 15) is 8.42 Å². The monoisotopic (exact) mass is 191 g/mol. The number of hydrogen-bond acceptors (Lipinski definition) is 5. The highest BCUT2D eigenvalue weighted by Crippen LogP contribution is 1.93. The van der Waals surface area contributed by atoms with Gasteiger partial charge in [0, 0.05) is 6.54 Å². The number of nitrogens with one attached hydrogen (secondary N) is 1. The lowest BCUT2D eigenvalue weighted by molar-refractivity contribution is 0.567. The van der Waals surface area contributed by atoms with Crippen molar-refractivity contribution in [1.29, 1.82) is 0 Å². The van der Waals surface area contributed by atoms with Gasteiger partial charge in [-0.25, -0.2) is 0 Å². The first-order valence-electron chi connectivity index (χ1n) is 3.23. The van der Waals surface area contributed by atoms with Crippen LogP contribution in [0.25, 0.3) is 0 Å². The van der Waals surface area contributed by atoms with E-state index < -0.39 is 10.2 Å². The number of anilines is 1. The van der Waals surface area contributed by atoms with Crippen molar-refractivity contribution in [1.82, 2.24) is 18.9 Å². The van der Waals surface area contributed by atoms with Gasteiger partial charge in [-0.1, -0.05) is 6.92 Å². The molecule has 68 valence electrons. The molecule has 1 aromatic heterocycles. The van der Waals surface area contributed by atoms with Gasteiger partial charge in [0.25, 0.3) is 0 Å². The Morgan fingerprint density at radius 3 is 2.83 bits per heavy atom. The highest BCUT2D eigenvalue weighted by molar-refractivity contribution is 7.87. The van der Waals surface area contributed by atoms with Crippen LogP contribution in [-0.2, 0) is 10.2 Å². The van der Waals surface area contributed by atoms with E-state index in [4.69, 9.17) is 5.73 Å². The molecule has 0 fully saturated rings. The molecular weight excluding hydrogens is 182 g/mol. The average Bonchev–Trinajstić information content (AvgIpc) is 2.36. The second kappa shape index (κ2) is 3.07. The lowest BCUT2D eigenvalue weighted by Gasteiger charge is -2.00. The molecule has 0 aliphatic carbocycles. The number of nitrogen functional groups attached to an aromatic ring is 1. The Hall–Kier alpha value is -1.15. The minimum absolute atomic E-state index is 0.0727. The fourth-order valence-electron chi connectivity index (χ4n) is 0.626. The Morgan fingerprint density at radius 1 is 1.75 bits per heavy atom. The highest BCUT2D eigenvalue weighted by atomic mass is 32.2. The number of aromatic nitrogens is 3. The molecule has 0 bridgehead atoms. The fourth-order valence-corrected chi connectivity index (χ4v) is 1.48. The quantitative estimate of drug-likeness (QED) is 0.609. The zero-order valence-electron chi connectivity index (χ0n) is 6.43. The largest absolute Gasteiger partial charge is 0.366 e. The number of nitrogens with zero attached hydrogens (tertiary/aromatic N) is 3. The Bertz CT molecular complexity index is 355. The van der Waals surface area contributed by atoms with Crippen molar-refractivity contribution in [2.75, 3.05) is 12.3 Å². The van der Waals surface area contributed by atoms with E-state index >= 15 is 0 Å². The van der Waals surface area contributed by atoms with E-state index in [1.807, 2.05) is 0 Å². The van der Waals surface area contributed by atoms with Gasteiger partial charge in [0.1, 0.15) is 6.33 Å². The molecule has 0 aromatic carbocycles. The summed E-state index contributed by atoms with van der Waals surface area (Å²) in [6, 6.07) is 0. The average molecular weight is 191 g/mol. The third-order valence-electron chi connectivity index (χ3n) is 1.06. The Morgan fingerprint density at radius 2 is 2.42 bits per heavy atom. The van der Waals surface area contributed by atoms with Gasteiger partial charge in [0.2, 0.25) is 5.95 Å². The molecule has 1 heterocycles. The summed E-state index contributed by atoms with van der Waals surface area (Å²) < 4.78 is 25.2. The van der Waals surface area contributed by atoms with Crippen molar-refractivity contribution in [3.05, 3.63) is 6.33 Å².